The van der Waals surface area contributed by atoms with Gasteiger partial charge in [-0.2, -0.15) is 10.1 Å². The standard InChI is InChI=1S/C24H22F3N7O/c1-12-29-11-34(33-12)19-7-4-14(10-20(19)35-3)30-24-31-22-15(5-6-16(22)23(28-2)32-24)21-17(26)8-13(25)9-18(21)27/h4,7-11,15H,5-6H2,1-3H3,(H2,28,30,31,32)/t15-/m1/s1. The average molecular weight is 481 g/mol. The van der Waals surface area contributed by atoms with Crippen molar-refractivity contribution in [2.24, 2.45) is 0 Å². The van der Waals surface area contributed by atoms with Gasteiger partial charge >= 0.3 is 0 Å². The molecule has 0 aliphatic heterocycles. The van der Waals surface area contributed by atoms with Crippen molar-refractivity contribution in [3.05, 3.63) is 76.8 Å². The molecule has 2 aromatic carbocycles. The van der Waals surface area contributed by atoms with Crippen LogP contribution in [0.1, 0.15) is 35.0 Å². The van der Waals surface area contributed by atoms with Crippen LogP contribution in [0.3, 0.4) is 0 Å². The zero-order chi connectivity index (χ0) is 24.7. The normalized spacial score (nSPS) is 14.6. The van der Waals surface area contributed by atoms with Crippen LogP contribution >= 0.6 is 0 Å². The van der Waals surface area contributed by atoms with E-state index in [0.717, 1.165) is 5.56 Å². The molecule has 1 atom stereocenters. The fourth-order valence-corrected chi connectivity index (χ4v) is 4.43. The van der Waals surface area contributed by atoms with E-state index in [0.29, 0.717) is 59.4 Å². The summed E-state index contributed by atoms with van der Waals surface area (Å²) in [5, 5.41) is 10.5. The summed E-state index contributed by atoms with van der Waals surface area (Å²) in [5.41, 5.74) is 2.43. The van der Waals surface area contributed by atoms with Gasteiger partial charge in [-0.05, 0) is 31.9 Å². The van der Waals surface area contributed by atoms with Gasteiger partial charge in [-0.15, -0.1) is 0 Å². The second kappa shape index (κ2) is 8.90. The SMILES string of the molecule is CNc1nc(Nc2ccc(-n3cnc(C)n3)c(OC)c2)nc2c1CC[C@@H]2c1c(F)cc(F)cc1F. The predicted molar refractivity (Wildman–Crippen MR) is 124 cm³/mol. The number of nitrogens with zero attached hydrogens (tertiary/aromatic N) is 5. The van der Waals surface area contributed by atoms with Crippen molar-refractivity contribution in [1.29, 1.82) is 0 Å². The van der Waals surface area contributed by atoms with Crippen LogP contribution in [-0.4, -0.2) is 38.9 Å². The molecule has 0 amide bonds. The molecular weight excluding hydrogens is 459 g/mol. The van der Waals surface area contributed by atoms with E-state index in [1.54, 1.807) is 44.2 Å². The van der Waals surface area contributed by atoms with Crippen LogP contribution < -0.4 is 15.4 Å². The van der Waals surface area contributed by atoms with Crippen molar-refractivity contribution in [2.75, 3.05) is 24.8 Å². The number of nitrogens with one attached hydrogen (secondary N) is 2. The number of methoxy groups -OCH3 is 1. The summed E-state index contributed by atoms with van der Waals surface area (Å²) in [6, 6.07) is 6.77. The van der Waals surface area contributed by atoms with E-state index in [2.05, 4.69) is 30.7 Å². The number of halogens is 3. The fraction of sp³-hybridized carbons (Fsp3) is 0.250. The van der Waals surface area contributed by atoms with E-state index in [4.69, 9.17) is 4.74 Å². The van der Waals surface area contributed by atoms with Crippen molar-refractivity contribution in [3.8, 4) is 11.4 Å². The maximum atomic E-state index is 14.6. The summed E-state index contributed by atoms with van der Waals surface area (Å²) in [6.07, 6.45) is 2.56. The van der Waals surface area contributed by atoms with Crippen LogP contribution in [0.4, 0.5) is 30.6 Å². The molecule has 0 radical (unpaired) electrons. The Morgan fingerprint density at radius 1 is 1.09 bits per heavy atom. The third-order valence-corrected chi connectivity index (χ3v) is 5.97. The van der Waals surface area contributed by atoms with Gasteiger partial charge in [0.25, 0.3) is 0 Å². The molecule has 1 aliphatic carbocycles. The highest BCUT2D eigenvalue weighted by atomic mass is 19.1. The first-order chi connectivity index (χ1) is 16.9. The van der Waals surface area contributed by atoms with Gasteiger partial charge in [0.1, 0.15) is 46.9 Å². The quantitative estimate of drug-likeness (QED) is 0.414. The zero-order valence-corrected chi connectivity index (χ0v) is 19.2. The van der Waals surface area contributed by atoms with Gasteiger partial charge in [-0.25, -0.2) is 27.8 Å². The van der Waals surface area contributed by atoms with E-state index >= 15 is 0 Å². The lowest BCUT2D eigenvalue weighted by Crippen LogP contribution is -2.10. The zero-order valence-electron chi connectivity index (χ0n) is 19.2. The summed E-state index contributed by atoms with van der Waals surface area (Å²) in [4.78, 5) is 13.3. The lowest BCUT2D eigenvalue weighted by atomic mass is 9.95. The third-order valence-electron chi connectivity index (χ3n) is 5.97. The van der Waals surface area contributed by atoms with Gasteiger partial charge in [0.05, 0.1) is 12.8 Å². The molecule has 0 spiro atoms. The lowest BCUT2D eigenvalue weighted by molar-refractivity contribution is 0.412. The fourth-order valence-electron chi connectivity index (χ4n) is 4.43. The number of rotatable bonds is 6. The monoisotopic (exact) mass is 481 g/mol. The van der Waals surface area contributed by atoms with Gasteiger partial charge in [0.15, 0.2) is 0 Å². The van der Waals surface area contributed by atoms with Crippen molar-refractivity contribution in [3.63, 3.8) is 0 Å². The first-order valence-corrected chi connectivity index (χ1v) is 10.9. The van der Waals surface area contributed by atoms with Crippen LogP contribution in [0.5, 0.6) is 5.75 Å². The number of anilines is 3. The highest BCUT2D eigenvalue weighted by Crippen LogP contribution is 2.42. The maximum Gasteiger partial charge on any atom is 0.229 e. The molecule has 8 nitrogen and oxygen atoms in total. The predicted octanol–water partition coefficient (Wildman–Crippen LogP) is 4.66. The second-order valence-electron chi connectivity index (χ2n) is 8.13. The van der Waals surface area contributed by atoms with Gasteiger partial charge in [0.2, 0.25) is 5.95 Å². The minimum atomic E-state index is -0.957. The van der Waals surface area contributed by atoms with Gasteiger partial charge < -0.3 is 15.4 Å². The molecule has 0 fully saturated rings. The first kappa shape index (κ1) is 22.6. The number of hydrogen-bond acceptors (Lipinski definition) is 7. The average Bonchev–Trinajstić information content (AvgIpc) is 3.44. The topological polar surface area (TPSA) is 89.8 Å². The molecule has 35 heavy (non-hydrogen) atoms. The molecular formula is C24H22F3N7O. The number of aryl methyl sites for hydroxylation is 1. The molecule has 0 unspecified atom stereocenters. The Bertz CT molecular complexity index is 1400. The maximum absolute atomic E-state index is 14.6. The van der Waals surface area contributed by atoms with Crippen LogP contribution in [0.25, 0.3) is 5.69 Å². The molecule has 180 valence electrons. The van der Waals surface area contributed by atoms with Crippen LogP contribution in [0, 0.1) is 24.4 Å². The molecule has 0 bridgehead atoms. The molecule has 4 aromatic rings. The summed E-state index contributed by atoms with van der Waals surface area (Å²) >= 11 is 0. The summed E-state index contributed by atoms with van der Waals surface area (Å²) in [6.45, 7) is 1.79. The molecule has 5 rings (SSSR count). The highest BCUT2D eigenvalue weighted by molar-refractivity contribution is 5.64. The second-order valence-corrected chi connectivity index (χ2v) is 8.13. The number of fused-ring (bicyclic) bond motifs is 1. The number of ether oxygens (including phenoxy) is 1. The van der Waals surface area contributed by atoms with E-state index in [1.165, 1.54) is 0 Å². The Balaban J connectivity index is 1.51. The Labute approximate surface area is 199 Å². The molecule has 0 saturated heterocycles. The summed E-state index contributed by atoms with van der Waals surface area (Å²) in [7, 11) is 3.27. The Morgan fingerprint density at radius 3 is 2.51 bits per heavy atom. The van der Waals surface area contributed by atoms with Crippen LogP contribution in [0.15, 0.2) is 36.7 Å². The number of hydrogen-bond donors (Lipinski definition) is 2. The molecule has 1 aliphatic rings. The van der Waals surface area contributed by atoms with Gasteiger partial charge in [-0.3, -0.25) is 0 Å². The molecule has 2 N–H and O–H groups in total. The lowest BCUT2D eigenvalue weighted by Gasteiger charge is -2.16. The molecule has 11 heteroatoms. The number of benzene rings is 2. The number of aromatic nitrogens is 5. The Morgan fingerprint density at radius 2 is 1.86 bits per heavy atom. The van der Waals surface area contributed by atoms with Crippen molar-refractivity contribution in [1.82, 2.24) is 24.7 Å². The van der Waals surface area contributed by atoms with Crippen LogP contribution in [0.2, 0.25) is 0 Å². The van der Waals surface area contributed by atoms with E-state index < -0.39 is 23.4 Å². The third kappa shape index (κ3) is 4.13. The Hall–Kier alpha value is -4.15. The molecule has 2 aromatic heterocycles. The minimum Gasteiger partial charge on any atom is -0.494 e. The van der Waals surface area contributed by atoms with Crippen molar-refractivity contribution >= 4 is 17.5 Å². The van der Waals surface area contributed by atoms with E-state index in [-0.39, 0.29) is 11.5 Å². The molecule has 2 heterocycles. The van der Waals surface area contributed by atoms with Crippen LogP contribution in [-0.2, 0) is 6.42 Å². The Kier molecular flexibility index (Phi) is 5.75. The summed E-state index contributed by atoms with van der Waals surface area (Å²) < 4.78 is 49.7. The van der Waals surface area contributed by atoms with Gasteiger partial charge in [-0.1, -0.05) is 0 Å². The smallest absolute Gasteiger partial charge is 0.229 e. The minimum absolute atomic E-state index is 0.189. The van der Waals surface area contributed by atoms with Crippen molar-refractivity contribution < 1.29 is 17.9 Å². The van der Waals surface area contributed by atoms with Gasteiger partial charge in [0, 0.05) is 48.0 Å². The largest absolute Gasteiger partial charge is 0.494 e. The summed E-state index contributed by atoms with van der Waals surface area (Å²) in [5.74, 6) is -1.49. The highest BCUT2D eigenvalue weighted by Gasteiger charge is 2.33. The van der Waals surface area contributed by atoms with E-state index in [1.807, 2.05) is 6.07 Å². The van der Waals surface area contributed by atoms with E-state index in [9.17, 15) is 13.2 Å². The molecule has 0 saturated carbocycles. The first-order valence-electron chi connectivity index (χ1n) is 10.9. The van der Waals surface area contributed by atoms with Crippen molar-refractivity contribution in [2.45, 2.75) is 25.7 Å².